The molecule has 0 radical (unpaired) electrons. The van der Waals surface area contributed by atoms with Gasteiger partial charge in [-0.05, 0) is 0 Å². The third-order valence-electron chi connectivity index (χ3n) is 8.88. The summed E-state index contributed by atoms with van der Waals surface area (Å²) >= 11 is -2.01. The third-order valence-corrected chi connectivity index (χ3v) is 10.4. The number of rotatable bonds is 0. The number of allylic oxidation sites excluding steroid dienone is 8. The summed E-state index contributed by atoms with van der Waals surface area (Å²) in [6, 6.07) is 11.0. The number of hydrogen-bond acceptors (Lipinski definition) is 2. The SMILES string of the molecule is Fc1c2cccc1C1C(=CC3=C1CCCC3)CCC1=CC3=C(CCCC3)C1c1cccc(c1F)[O][Zr][O]2. The van der Waals surface area contributed by atoms with Crippen LogP contribution in [0, 0.1) is 11.6 Å². The maximum atomic E-state index is 15.9. The molecule has 0 N–H and O–H groups in total. The molecule has 0 fully saturated rings. The van der Waals surface area contributed by atoms with E-state index >= 15 is 8.78 Å². The van der Waals surface area contributed by atoms with E-state index in [2.05, 4.69) is 12.2 Å². The molecule has 2 atom stereocenters. The molecular formula is C32H30F2O2Zr. The Balaban J connectivity index is 1.34. The van der Waals surface area contributed by atoms with E-state index in [0.717, 1.165) is 51.4 Å². The van der Waals surface area contributed by atoms with Gasteiger partial charge in [-0.2, -0.15) is 0 Å². The van der Waals surface area contributed by atoms with Gasteiger partial charge in [-0.25, -0.2) is 0 Å². The molecule has 7 rings (SSSR count). The molecule has 2 aromatic carbocycles. The van der Waals surface area contributed by atoms with Crippen LogP contribution < -0.4 is 5.63 Å². The number of hydrogen-bond donors (Lipinski definition) is 0. The van der Waals surface area contributed by atoms with Crippen LogP contribution in [0.3, 0.4) is 0 Å². The van der Waals surface area contributed by atoms with Crippen LogP contribution in [0.1, 0.15) is 87.2 Å². The molecule has 1 aliphatic heterocycles. The third kappa shape index (κ3) is 4.13. The van der Waals surface area contributed by atoms with Gasteiger partial charge in [0, 0.05) is 0 Å². The molecule has 0 amide bonds. The van der Waals surface area contributed by atoms with E-state index < -0.39 is 24.1 Å². The van der Waals surface area contributed by atoms with Gasteiger partial charge in [0.25, 0.3) is 0 Å². The number of halogens is 2. The molecule has 5 aliphatic rings. The van der Waals surface area contributed by atoms with Gasteiger partial charge in [-0.3, -0.25) is 0 Å². The molecule has 4 aliphatic carbocycles. The second kappa shape index (κ2) is 9.80. The van der Waals surface area contributed by atoms with Crippen LogP contribution in [-0.4, -0.2) is 0 Å². The first kappa shape index (κ1) is 23.8. The Morgan fingerprint density at radius 2 is 1.05 bits per heavy atom. The second-order valence-corrected chi connectivity index (χ2v) is 12.3. The van der Waals surface area contributed by atoms with Crippen molar-refractivity contribution < 1.29 is 38.5 Å². The van der Waals surface area contributed by atoms with Crippen molar-refractivity contribution in [1.82, 2.24) is 0 Å². The van der Waals surface area contributed by atoms with Gasteiger partial charge < -0.3 is 0 Å². The minimum absolute atomic E-state index is 0.0175. The van der Waals surface area contributed by atoms with Crippen LogP contribution in [0.4, 0.5) is 8.78 Å². The zero-order chi connectivity index (χ0) is 24.9. The fourth-order valence-corrected chi connectivity index (χ4v) is 8.54. The van der Waals surface area contributed by atoms with Crippen molar-refractivity contribution in [3.8, 4) is 11.5 Å². The molecule has 0 saturated heterocycles. The van der Waals surface area contributed by atoms with Crippen LogP contribution in [0.5, 0.6) is 11.5 Å². The van der Waals surface area contributed by atoms with Gasteiger partial charge in [0.05, 0.1) is 0 Å². The van der Waals surface area contributed by atoms with Crippen molar-refractivity contribution in [2.75, 3.05) is 0 Å². The Hall–Kier alpha value is -2.26. The summed E-state index contributed by atoms with van der Waals surface area (Å²) < 4.78 is 43.7. The Morgan fingerprint density at radius 3 is 1.54 bits per heavy atom. The molecule has 2 unspecified atom stereocenters. The average molecular weight is 576 g/mol. The molecule has 5 heteroatoms. The van der Waals surface area contributed by atoms with Crippen LogP contribution in [-0.2, 0) is 24.1 Å². The van der Waals surface area contributed by atoms with Gasteiger partial charge in [0.1, 0.15) is 0 Å². The normalized spacial score (nSPS) is 24.7. The molecule has 4 bridgehead atoms. The summed E-state index contributed by atoms with van der Waals surface area (Å²) in [5.74, 6) is -0.150. The monoisotopic (exact) mass is 574 g/mol. The average Bonchev–Trinajstić information content (AvgIpc) is 3.47. The molecule has 1 heterocycles. The Labute approximate surface area is 229 Å². The zero-order valence-corrected chi connectivity index (χ0v) is 23.4. The van der Waals surface area contributed by atoms with Crippen LogP contribution in [0.2, 0.25) is 0 Å². The van der Waals surface area contributed by atoms with Gasteiger partial charge >= 0.3 is 231 Å². The first-order chi connectivity index (χ1) is 18.2. The molecule has 188 valence electrons. The predicted octanol–water partition coefficient (Wildman–Crippen LogP) is 8.92. The van der Waals surface area contributed by atoms with Crippen molar-refractivity contribution in [1.29, 1.82) is 0 Å². The fraction of sp³-hybridized carbons (Fsp3) is 0.375. The van der Waals surface area contributed by atoms with Crippen molar-refractivity contribution in [2.45, 2.75) is 76.0 Å². The fourth-order valence-electron chi connectivity index (χ4n) is 7.22. The molecular weight excluding hydrogens is 546 g/mol. The predicted molar refractivity (Wildman–Crippen MR) is 136 cm³/mol. The molecule has 2 nitrogen and oxygen atoms in total. The van der Waals surface area contributed by atoms with Crippen molar-refractivity contribution in [3.63, 3.8) is 0 Å². The second-order valence-electron chi connectivity index (χ2n) is 10.9. The standard InChI is InChI=1S/C32H32F2O2.Zr/c33-31-25(11-5-13-27(31)35)29-21(17-19-7-1-3-9-23(19)29)15-16-22-18-20-8-2-4-10-24(20)30(22)26-12-6-14-28(36)32(26)34;/h5-6,11-14,17-18,29-30,35-36H,1-4,7-10,15-16H2;/q;+2/p-2. The Kier molecular flexibility index (Phi) is 6.31. The van der Waals surface area contributed by atoms with Gasteiger partial charge in [0.15, 0.2) is 0 Å². The summed E-state index contributed by atoms with van der Waals surface area (Å²) in [6.07, 6.45) is 15.4. The van der Waals surface area contributed by atoms with Crippen molar-refractivity contribution in [2.24, 2.45) is 0 Å². The summed E-state index contributed by atoms with van der Waals surface area (Å²) in [6.45, 7) is 0. The first-order valence-corrected chi connectivity index (χ1v) is 15.7. The molecule has 0 spiro atoms. The Morgan fingerprint density at radius 1 is 0.595 bits per heavy atom. The van der Waals surface area contributed by atoms with Gasteiger partial charge in [0.2, 0.25) is 0 Å². The molecule has 2 aromatic rings. The van der Waals surface area contributed by atoms with Crippen LogP contribution >= 0.6 is 0 Å². The van der Waals surface area contributed by atoms with E-state index in [1.54, 1.807) is 12.1 Å². The van der Waals surface area contributed by atoms with Crippen molar-refractivity contribution >= 4 is 0 Å². The van der Waals surface area contributed by atoms with E-state index in [0.29, 0.717) is 11.1 Å². The number of benzene rings is 2. The van der Waals surface area contributed by atoms with E-state index in [4.69, 9.17) is 5.63 Å². The van der Waals surface area contributed by atoms with Crippen molar-refractivity contribution in [3.05, 3.63) is 105 Å². The summed E-state index contributed by atoms with van der Waals surface area (Å²) in [5.41, 5.74) is 9.63. The van der Waals surface area contributed by atoms with Crippen LogP contribution in [0.25, 0.3) is 0 Å². The molecule has 0 saturated carbocycles. The van der Waals surface area contributed by atoms with Gasteiger partial charge in [-0.15, -0.1) is 0 Å². The zero-order valence-electron chi connectivity index (χ0n) is 20.9. The minimum atomic E-state index is -2.01. The maximum absolute atomic E-state index is 15.9. The first-order valence-electron chi connectivity index (χ1n) is 13.7. The van der Waals surface area contributed by atoms with E-state index in [1.165, 1.54) is 46.3 Å². The van der Waals surface area contributed by atoms with E-state index in [-0.39, 0.29) is 35.0 Å². The quantitative estimate of drug-likeness (QED) is 0.312. The Bertz CT molecular complexity index is 1290. The van der Waals surface area contributed by atoms with E-state index in [1.807, 2.05) is 24.3 Å². The number of fused-ring (bicyclic) bond motifs is 10. The van der Waals surface area contributed by atoms with Crippen LogP contribution in [0.15, 0.2) is 82.0 Å². The summed E-state index contributed by atoms with van der Waals surface area (Å²) in [7, 11) is 0. The molecule has 0 aromatic heterocycles. The topological polar surface area (TPSA) is 18.5 Å². The molecule has 37 heavy (non-hydrogen) atoms. The summed E-state index contributed by atoms with van der Waals surface area (Å²) in [4.78, 5) is 0. The van der Waals surface area contributed by atoms with E-state index in [9.17, 15) is 0 Å². The van der Waals surface area contributed by atoms with Gasteiger partial charge in [-0.1, -0.05) is 0 Å². The summed E-state index contributed by atoms with van der Waals surface area (Å²) in [5, 5.41) is 0.